The molecule has 214 valence electrons. The normalized spacial score (nSPS) is 11.7. The number of nitrogens with zero attached hydrogens (tertiary/aromatic N) is 3. The van der Waals surface area contributed by atoms with Crippen LogP contribution in [0.3, 0.4) is 0 Å². The summed E-state index contributed by atoms with van der Waals surface area (Å²) < 4.78 is 31.9. The Morgan fingerprint density at radius 1 is 0.902 bits per heavy atom. The first-order chi connectivity index (χ1) is 19.9. The fraction of sp³-hybridized carbons (Fsp3) is 0.207. The van der Waals surface area contributed by atoms with Crippen molar-refractivity contribution in [3.63, 3.8) is 0 Å². The Balaban J connectivity index is 1.71. The van der Waals surface area contributed by atoms with Crippen molar-refractivity contribution in [2.75, 3.05) is 49.5 Å². The fourth-order valence-electron chi connectivity index (χ4n) is 3.86. The third kappa shape index (κ3) is 8.08. The maximum absolute atomic E-state index is 12.1. The minimum Gasteiger partial charge on any atom is -0.394 e. The van der Waals surface area contributed by atoms with Crippen LogP contribution in [-0.2, 0) is 14.8 Å². The predicted molar refractivity (Wildman–Crippen MR) is 162 cm³/mol. The molecule has 0 spiro atoms. The molecule has 1 aromatic heterocycles. The quantitative estimate of drug-likeness (QED) is 0.0852. The second-order valence-electron chi connectivity index (χ2n) is 8.78. The Labute approximate surface area is 239 Å². The summed E-state index contributed by atoms with van der Waals surface area (Å²) in [6.45, 7) is 2.84. The van der Waals surface area contributed by atoms with E-state index in [2.05, 4.69) is 25.9 Å². The Kier molecular flexibility index (Phi) is 10.3. The van der Waals surface area contributed by atoms with Gasteiger partial charge in [0.1, 0.15) is 5.82 Å². The second-order valence-corrected chi connectivity index (χ2v) is 10.7. The molecule has 0 atom stereocenters. The summed E-state index contributed by atoms with van der Waals surface area (Å²) in [7, 11) is -2.17. The fourth-order valence-corrected chi connectivity index (χ4v) is 4.59. The Bertz CT molecular complexity index is 1550. The Hall–Kier alpha value is -4.36. The van der Waals surface area contributed by atoms with Crippen molar-refractivity contribution in [2.45, 2.75) is 11.8 Å². The van der Waals surface area contributed by atoms with Crippen molar-refractivity contribution in [3.05, 3.63) is 90.5 Å². The summed E-state index contributed by atoms with van der Waals surface area (Å²) in [6.07, 6.45) is 0. The third-order valence-electron chi connectivity index (χ3n) is 5.96. The largest absolute Gasteiger partial charge is 0.394 e. The van der Waals surface area contributed by atoms with Gasteiger partial charge in [0, 0.05) is 12.2 Å². The number of anilines is 4. The molecule has 1 heterocycles. The van der Waals surface area contributed by atoms with E-state index in [1.54, 1.807) is 12.1 Å². The molecular formula is C29H33N7O4S. The molecule has 11 nitrogen and oxygen atoms in total. The van der Waals surface area contributed by atoms with E-state index in [9.17, 15) is 8.42 Å². The SMILES string of the molecule is CNS(=O)(=O)c1ccc(C(C)=NNc2nc(Nc3ccccc3)nc(NCCOCCO)c2-c2ccccc2)cc1. The minimum atomic E-state index is -3.54. The van der Waals surface area contributed by atoms with Crippen LogP contribution in [0.15, 0.2) is 94.9 Å². The number of sulfonamides is 1. The molecule has 5 N–H and O–H groups in total. The number of benzene rings is 3. The molecule has 3 aromatic carbocycles. The molecule has 0 radical (unpaired) electrons. The summed E-state index contributed by atoms with van der Waals surface area (Å²) in [6, 6.07) is 25.7. The van der Waals surface area contributed by atoms with E-state index in [1.807, 2.05) is 67.6 Å². The molecule has 0 amide bonds. The molecule has 12 heteroatoms. The maximum atomic E-state index is 12.1. The van der Waals surface area contributed by atoms with Crippen LogP contribution in [0.1, 0.15) is 12.5 Å². The van der Waals surface area contributed by atoms with Gasteiger partial charge in [-0.25, -0.2) is 13.1 Å². The summed E-state index contributed by atoms with van der Waals surface area (Å²) in [5.41, 5.74) is 6.87. The first-order valence-corrected chi connectivity index (χ1v) is 14.5. The highest BCUT2D eigenvalue weighted by Crippen LogP contribution is 2.34. The van der Waals surface area contributed by atoms with Gasteiger partial charge in [-0.2, -0.15) is 15.1 Å². The van der Waals surface area contributed by atoms with Crippen LogP contribution in [0, 0.1) is 0 Å². The number of aromatic nitrogens is 2. The van der Waals surface area contributed by atoms with Gasteiger partial charge in [0.15, 0.2) is 5.82 Å². The summed E-state index contributed by atoms with van der Waals surface area (Å²) in [4.78, 5) is 9.68. The van der Waals surface area contributed by atoms with Crippen molar-refractivity contribution in [1.29, 1.82) is 0 Å². The van der Waals surface area contributed by atoms with Gasteiger partial charge < -0.3 is 20.5 Å². The van der Waals surface area contributed by atoms with Gasteiger partial charge >= 0.3 is 0 Å². The first-order valence-electron chi connectivity index (χ1n) is 13.0. The molecule has 0 saturated heterocycles. The van der Waals surface area contributed by atoms with Crippen LogP contribution in [0.2, 0.25) is 0 Å². The number of rotatable bonds is 14. The lowest BCUT2D eigenvalue weighted by Crippen LogP contribution is -2.18. The molecule has 0 saturated carbocycles. The van der Waals surface area contributed by atoms with Crippen LogP contribution < -0.4 is 20.8 Å². The summed E-state index contributed by atoms with van der Waals surface area (Å²) >= 11 is 0. The van der Waals surface area contributed by atoms with E-state index in [0.717, 1.165) is 16.8 Å². The smallest absolute Gasteiger partial charge is 0.240 e. The van der Waals surface area contributed by atoms with E-state index in [4.69, 9.17) is 19.8 Å². The minimum absolute atomic E-state index is 0.0482. The highest BCUT2D eigenvalue weighted by molar-refractivity contribution is 7.89. The summed E-state index contributed by atoms with van der Waals surface area (Å²) in [5, 5.41) is 20.2. The molecule has 41 heavy (non-hydrogen) atoms. The number of hydrazone groups is 1. The lowest BCUT2D eigenvalue weighted by Gasteiger charge is -2.17. The zero-order valence-corrected chi connectivity index (χ0v) is 23.6. The van der Waals surface area contributed by atoms with Crippen molar-refractivity contribution >= 4 is 39.0 Å². The molecule has 4 aromatic rings. The maximum Gasteiger partial charge on any atom is 0.240 e. The van der Waals surface area contributed by atoms with Crippen LogP contribution in [0.25, 0.3) is 11.1 Å². The standard InChI is InChI=1S/C29H33N7O4S/c1-21(22-13-15-25(16-14-22)41(38,39)30-2)35-36-28-26(23-9-5-3-6-10-23)27(31-17-19-40-20-18-37)33-29(34-28)32-24-11-7-4-8-12-24/h3-16,30,37H,17-20H2,1-2H3,(H3,31,32,33,34,36). The number of nitrogens with one attached hydrogen (secondary N) is 4. The molecule has 0 aliphatic heterocycles. The van der Waals surface area contributed by atoms with Gasteiger partial charge in [0.25, 0.3) is 0 Å². The molecule has 0 fully saturated rings. The highest BCUT2D eigenvalue weighted by Gasteiger charge is 2.17. The number of hydrogen-bond acceptors (Lipinski definition) is 10. The van der Waals surface area contributed by atoms with E-state index in [0.29, 0.717) is 42.0 Å². The molecule has 0 aliphatic carbocycles. The van der Waals surface area contributed by atoms with Crippen molar-refractivity contribution in [3.8, 4) is 11.1 Å². The van der Waals surface area contributed by atoms with E-state index >= 15 is 0 Å². The highest BCUT2D eigenvalue weighted by atomic mass is 32.2. The van der Waals surface area contributed by atoms with Gasteiger partial charge in [0.2, 0.25) is 16.0 Å². The number of ether oxygens (including phenoxy) is 1. The van der Waals surface area contributed by atoms with Gasteiger partial charge in [0.05, 0.1) is 36.0 Å². The topological polar surface area (TPSA) is 150 Å². The second kappa shape index (κ2) is 14.3. The van der Waals surface area contributed by atoms with Gasteiger partial charge in [-0.15, -0.1) is 0 Å². The van der Waals surface area contributed by atoms with E-state index in [-0.39, 0.29) is 18.1 Å². The average Bonchev–Trinajstić information content (AvgIpc) is 3.00. The lowest BCUT2D eigenvalue weighted by molar-refractivity contribution is 0.0992. The molecule has 0 aliphatic rings. The lowest BCUT2D eigenvalue weighted by atomic mass is 10.1. The van der Waals surface area contributed by atoms with Crippen LogP contribution in [0.4, 0.5) is 23.3 Å². The van der Waals surface area contributed by atoms with E-state index < -0.39 is 10.0 Å². The monoisotopic (exact) mass is 575 g/mol. The van der Waals surface area contributed by atoms with Crippen LogP contribution in [-0.4, -0.2) is 62.6 Å². The molecular weight excluding hydrogens is 542 g/mol. The number of aliphatic hydroxyl groups is 1. The number of hydrogen-bond donors (Lipinski definition) is 5. The van der Waals surface area contributed by atoms with Crippen LogP contribution in [0.5, 0.6) is 0 Å². The van der Waals surface area contributed by atoms with Gasteiger partial charge in [-0.05, 0) is 49.4 Å². The Morgan fingerprint density at radius 2 is 1.56 bits per heavy atom. The summed E-state index contributed by atoms with van der Waals surface area (Å²) in [5.74, 6) is 1.37. The van der Waals surface area contributed by atoms with Crippen molar-refractivity contribution in [1.82, 2.24) is 14.7 Å². The number of para-hydroxylation sites is 1. The zero-order chi connectivity index (χ0) is 29.1. The van der Waals surface area contributed by atoms with Crippen molar-refractivity contribution < 1.29 is 18.3 Å². The Morgan fingerprint density at radius 3 is 2.22 bits per heavy atom. The van der Waals surface area contributed by atoms with Gasteiger partial charge in [-0.1, -0.05) is 60.7 Å². The third-order valence-corrected chi connectivity index (χ3v) is 7.39. The van der Waals surface area contributed by atoms with Crippen molar-refractivity contribution in [2.24, 2.45) is 5.10 Å². The molecule has 0 bridgehead atoms. The van der Waals surface area contributed by atoms with Crippen LogP contribution >= 0.6 is 0 Å². The number of aliphatic hydroxyl groups excluding tert-OH is 1. The first kappa shape index (κ1) is 29.6. The van der Waals surface area contributed by atoms with Gasteiger partial charge in [-0.3, -0.25) is 5.43 Å². The predicted octanol–water partition coefficient (Wildman–Crippen LogP) is 4.05. The molecule has 0 unspecified atom stereocenters. The van der Waals surface area contributed by atoms with E-state index in [1.165, 1.54) is 19.2 Å². The zero-order valence-electron chi connectivity index (χ0n) is 22.8. The molecule has 4 rings (SSSR count). The average molecular weight is 576 g/mol.